The summed E-state index contributed by atoms with van der Waals surface area (Å²) in [6.45, 7) is 0.698. The highest BCUT2D eigenvalue weighted by Gasteiger charge is 2.53. The van der Waals surface area contributed by atoms with Crippen molar-refractivity contribution >= 4 is 35.0 Å². The lowest BCUT2D eigenvalue weighted by Crippen LogP contribution is -2.51. The molecule has 1 aliphatic carbocycles. The highest BCUT2D eigenvalue weighted by Crippen LogP contribution is 2.46. The van der Waals surface area contributed by atoms with Crippen molar-refractivity contribution in [3.63, 3.8) is 0 Å². The number of amides is 3. The van der Waals surface area contributed by atoms with Crippen molar-refractivity contribution < 1.29 is 19.1 Å². The second kappa shape index (κ2) is 7.22. The van der Waals surface area contributed by atoms with Crippen molar-refractivity contribution in [1.82, 2.24) is 5.32 Å². The van der Waals surface area contributed by atoms with Crippen LogP contribution in [0.25, 0.3) is 11.1 Å². The Hall–Kier alpha value is -2.70. The number of hydrogen-bond acceptors (Lipinski definition) is 4. The average molecular weight is 425 g/mol. The van der Waals surface area contributed by atoms with Gasteiger partial charge in [0.2, 0.25) is 11.8 Å². The SMILES string of the molecule is O=C1CCC(c2cccc(-c3ccc(N4C(=O)COCC45CC5)cc3)c2Cl)C(=O)N1. The van der Waals surface area contributed by atoms with E-state index in [4.69, 9.17) is 16.3 Å². The minimum atomic E-state index is -0.435. The van der Waals surface area contributed by atoms with Crippen LogP contribution in [0.2, 0.25) is 5.02 Å². The molecular formula is C23H21ClN2O4. The van der Waals surface area contributed by atoms with Crippen molar-refractivity contribution in [3.8, 4) is 11.1 Å². The Morgan fingerprint density at radius 2 is 1.83 bits per heavy atom. The first-order chi connectivity index (χ1) is 14.5. The Bertz CT molecular complexity index is 1050. The van der Waals surface area contributed by atoms with Gasteiger partial charge in [0.1, 0.15) is 6.61 Å². The number of piperidine rings is 1. The van der Waals surface area contributed by atoms with Crippen LogP contribution in [-0.2, 0) is 19.1 Å². The molecule has 0 bridgehead atoms. The van der Waals surface area contributed by atoms with Crippen LogP contribution in [0.3, 0.4) is 0 Å². The molecule has 2 aromatic rings. The maximum Gasteiger partial charge on any atom is 0.253 e. The fourth-order valence-electron chi connectivity index (χ4n) is 4.47. The van der Waals surface area contributed by atoms with E-state index in [9.17, 15) is 14.4 Å². The molecule has 1 unspecified atom stereocenters. The molecule has 1 N–H and O–H groups in total. The summed E-state index contributed by atoms with van der Waals surface area (Å²) in [7, 11) is 0. The van der Waals surface area contributed by atoms with Gasteiger partial charge in [0.15, 0.2) is 0 Å². The Kier molecular flexibility index (Phi) is 4.64. The van der Waals surface area contributed by atoms with E-state index in [2.05, 4.69) is 5.32 Å². The van der Waals surface area contributed by atoms with Gasteiger partial charge in [-0.25, -0.2) is 0 Å². The lowest BCUT2D eigenvalue weighted by molar-refractivity contribution is -0.134. The smallest absolute Gasteiger partial charge is 0.253 e. The van der Waals surface area contributed by atoms with E-state index in [0.717, 1.165) is 35.2 Å². The zero-order valence-corrected chi connectivity index (χ0v) is 17.1. The number of rotatable bonds is 3. The molecule has 3 amide bonds. The highest BCUT2D eigenvalue weighted by molar-refractivity contribution is 6.34. The number of morpholine rings is 1. The van der Waals surface area contributed by atoms with Crippen LogP contribution in [0.5, 0.6) is 0 Å². The molecule has 3 aliphatic rings. The van der Waals surface area contributed by atoms with Crippen molar-refractivity contribution in [2.45, 2.75) is 37.1 Å². The standard InChI is InChI=1S/C23H21ClN2O4/c24-21-16(2-1-3-17(21)18-8-9-19(27)25-22(18)29)14-4-6-15(7-5-14)26-20(28)12-30-13-23(26)10-11-23/h1-7,18H,8-13H2,(H,25,27,29). The molecule has 1 saturated carbocycles. The molecule has 1 spiro atoms. The number of ether oxygens (including phenoxy) is 1. The lowest BCUT2D eigenvalue weighted by atomic mass is 9.88. The van der Waals surface area contributed by atoms with E-state index in [1.807, 2.05) is 47.4 Å². The summed E-state index contributed by atoms with van der Waals surface area (Å²) in [6.07, 6.45) is 2.68. The van der Waals surface area contributed by atoms with Crippen LogP contribution in [0.15, 0.2) is 42.5 Å². The van der Waals surface area contributed by atoms with Gasteiger partial charge in [-0.1, -0.05) is 41.9 Å². The summed E-state index contributed by atoms with van der Waals surface area (Å²) in [5, 5.41) is 2.91. The molecule has 3 fully saturated rings. The third kappa shape index (κ3) is 3.20. The molecule has 6 nitrogen and oxygen atoms in total. The quantitative estimate of drug-likeness (QED) is 0.766. The minimum Gasteiger partial charge on any atom is -0.369 e. The average Bonchev–Trinajstić information content (AvgIpc) is 3.49. The zero-order chi connectivity index (χ0) is 20.9. The van der Waals surface area contributed by atoms with Crippen molar-refractivity contribution in [3.05, 3.63) is 53.1 Å². The van der Waals surface area contributed by atoms with Gasteiger partial charge in [0, 0.05) is 17.7 Å². The number of halogens is 1. The molecule has 2 aliphatic heterocycles. The third-order valence-electron chi connectivity index (χ3n) is 6.23. The Morgan fingerprint density at radius 1 is 1.07 bits per heavy atom. The maximum atomic E-state index is 12.5. The van der Waals surface area contributed by atoms with E-state index in [-0.39, 0.29) is 29.9 Å². The summed E-state index contributed by atoms with van der Waals surface area (Å²) < 4.78 is 5.44. The van der Waals surface area contributed by atoms with Gasteiger partial charge >= 0.3 is 0 Å². The van der Waals surface area contributed by atoms with Gasteiger partial charge < -0.3 is 9.64 Å². The Balaban J connectivity index is 1.45. The second-order valence-electron chi connectivity index (χ2n) is 8.21. The molecule has 30 heavy (non-hydrogen) atoms. The highest BCUT2D eigenvalue weighted by atomic mass is 35.5. The van der Waals surface area contributed by atoms with Crippen LogP contribution in [0.1, 0.15) is 37.2 Å². The molecule has 1 atom stereocenters. The molecular weight excluding hydrogens is 404 g/mol. The van der Waals surface area contributed by atoms with Crippen molar-refractivity contribution in [1.29, 1.82) is 0 Å². The zero-order valence-electron chi connectivity index (χ0n) is 16.3. The van der Waals surface area contributed by atoms with E-state index in [1.54, 1.807) is 0 Å². The van der Waals surface area contributed by atoms with E-state index >= 15 is 0 Å². The summed E-state index contributed by atoms with van der Waals surface area (Å²) in [6, 6.07) is 13.4. The topological polar surface area (TPSA) is 75.7 Å². The third-order valence-corrected chi connectivity index (χ3v) is 6.65. The maximum absolute atomic E-state index is 12.5. The van der Waals surface area contributed by atoms with Crippen LogP contribution in [0.4, 0.5) is 5.69 Å². The minimum absolute atomic E-state index is 0.00983. The molecule has 0 aromatic heterocycles. The predicted molar refractivity (Wildman–Crippen MR) is 112 cm³/mol. The normalized spacial score (nSPS) is 22.9. The molecule has 5 rings (SSSR count). The number of benzene rings is 2. The first kappa shape index (κ1) is 19.3. The number of imide groups is 1. The molecule has 7 heteroatoms. The van der Waals surface area contributed by atoms with E-state index < -0.39 is 5.92 Å². The van der Waals surface area contributed by atoms with Gasteiger partial charge in [-0.3, -0.25) is 19.7 Å². The van der Waals surface area contributed by atoms with Gasteiger partial charge in [0.05, 0.1) is 23.1 Å². The number of nitrogens with zero attached hydrogens (tertiary/aromatic N) is 1. The predicted octanol–water partition coefficient (Wildman–Crippen LogP) is 3.42. The molecule has 0 radical (unpaired) electrons. The number of hydrogen-bond donors (Lipinski definition) is 1. The first-order valence-electron chi connectivity index (χ1n) is 10.1. The first-order valence-corrected chi connectivity index (χ1v) is 10.5. The summed E-state index contributed by atoms with van der Waals surface area (Å²) in [4.78, 5) is 38.1. The largest absolute Gasteiger partial charge is 0.369 e. The van der Waals surface area contributed by atoms with Gasteiger partial charge in [-0.15, -0.1) is 0 Å². The summed E-state index contributed by atoms with van der Waals surface area (Å²) in [5.74, 6) is -0.995. The second-order valence-corrected chi connectivity index (χ2v) is 8.58. The van der Waals surface area contributed by atoms with Crippen LogP contribution in [0, 0.1) is 0 Å². The van der Waals surface area contributed by atoms with E-state index in [0.29, 0.717) is 24.5 Å². The molecule has 154 valence electrons. The molecule has 2 heterocycles. The summed E-state index contributed by atoms with van der Waals surface area (Å²) >= 11 is 6.70. The van der Waals surface area contributed by atoms with Crippen molar-refractivity contribution in [2.75, 3.05) is 18.1 Å². The fourth-order valence-corrected chi connectivity index (χ4v) is 4.84. The lowest BCUT2D eigenvalue weighted by Gasteiger charge is -2.36. The fraction of sp³-hybridized carbons (Fsp3) is 0.348. The Morgan fingerprint density at radius 3 is 2.53 bits per heavy atom. The molecule has 2 aromatic carbocycles. The van der Waals surface area contributed by atoms with E-state index in [1.165, 1.54) is 0 Å². The number of carbonyl (C=O) groups is 3. The van der Waals surface area contributed by atoms with Crippen LogP contribution in [-0.4, -0.2) is 36.5 Å². The number of anilines is 1. The monoisotopic (exact) mass is 424 g/mol. The van der Waals surface area contributed by atoms with Crippen LogP contribution >= 0.6 is 11.6 Å². The van der Waals surface area contributed by atoms with Gasteiger partial charge in [0.25, 0.3) is 5.91 Å². The number of nitrogens with one attached hydrogen (secondary N) is 1. The molecule has 2 saturated heterocycles. The van der Waals surface area contributed by atoms with Gasteiger partial charge in [-0.05, 0) is 42.5 Å². The number of carbonyl (C=O) groups excluding carboxylic acids is 3. The van der Waals surface area contributed by atoms with Crippen LogP contribution < -0.4 is 10.2 Å². The van der Waals surface area contributed by atoms with Crippen molar-refractivity contribution in [2.24, 2.45) is 0 Å². The summed E-state index contributed by atoms with van der Waals surface area (Å²) in [5.41, 5.74) is 3.13. The Labute approximate surface area is 179 Å². The van der Waals surface area contributed by atoms with Gasteiger partial charge in [-0.2, -0.15) is 0 Å².